The Hall–Kier alpha value is -2.89. The number of benzene rings is 1. The molecule has 6 nitrogen and oxygen atoms in total. The highest BCUT2D eigenvalue weighted by molar-refractivity contribution is 5.79. The molecule has 3 heterocycles. The maximum Gasteiger partial charge on any atom is 0.250 e. The lowest BCUT2D eigenvalue weighted by molar-refractivity contribution is -0.134. The van der Waals surface area contributed by atoms with Gasteiger partial charge in [-0.25, -0.2) is 0 Å². The number of hydrogen-bond donors (Lipinski definition) is 1. The number of carbonyl (C=O) groups excluding carboxylic acids is 2. The first-order chi connectivity index (χ1) is 14.1. The number of fused-ring (bicyclic) bond motifs is 4. The number of piperidine rings is 1. The fourth-order valence-corrected chi connectivity index (χ4v) is 4.54. The molecule has 0 saturated carbocycles. The summed E-state index contributed by atoms with van der Waals surface area (Å²) in [6, 6.07) is 15.2. The highest BCUT2D eigenvalue weighted by atomic mass is 16.2. The number of carbonyl (C=O) groups is 2. The van der Waals surface area contributed by atoms with Crippen molar-refractivity contribution in [2.45, 2.75) is 44.7 Å². The summed E-state index contributed by atoms with van der Waals surface area (Å²) in [5.41, 5.74) is 2.17. The summed E-state index contributed by atoms with van der Waals surface area (Å²) in [5.74, 6) is 0.654. The standard InChI is InChI=1S/C23H27N3O3/c27-21(24-13-17-6-2-1-3-7-17)9-5-10-22(28)25-14-18-12-19(16-25)20-8-4-11-23(29)26(20)15-18/h1-4,6-8,11,18-19H,5,9-10,12-16H2,(H,24,27)/t18-,19-/m1/s1. The zero-order chi connectivity index (χ0) is 20.2. The molecule has 2 amide bonds. The Morgan fingerprint density at radius 1 is 0.966 bits per heavy atom. The van der Waals surface area contributed by atoms with Crippen LogP contribution in [0.1, 0.15) is 42.9 Å². The van der Waals surface area contributed by atoms with E-state index in [-0.39, 0.29) is 23.3 Å². The Balaban J connectivity index is 1.25. The topological polar surface area (TPSA) is 71.4 Å². The number of nitrogens with one attached hydrogen (secondary N) is 1. The van der Waals surface area contributed by atoms with E-state index in [1.165, 1.54) is 0 Å². The molecule has 0 aliphatic carbocycles. The van der Waals surface area contributed by atoms with Crippen LogP contribution in [0.4, 0.5) is 0 Å². The highest BCUT2D eigenvalue weighted by Gasteiger charge is 2.35. The molecule has 152 valence electrons. The minimum absolute atomic E-state index is 0.0227. The number of rotatable bonds is 6. The Bertz CT molecular complexity index is 938. The lowest BCUT2D eigenvalue weighted by Gasteiger charge is -2.42. The molecule has 1 saturated heterocycles. The molecule has 0 spiro atoms. The zero-order valence-electron chi connectivity index (χ0n) is 16.5. The minimum Gasteiger partial charge on any atom is -0.352 e. The van der Waals surface area contributed by atoms with Gasteiger partial charge in [0.1, 0.15) is 0 Å². The molecule has 0 radical (unpaired) electrons. The normalized spacial score (nSPS) is 20.1. The van der Waals surface area contributed by atoms with Crippen LogP contribution in [0.15, 0.2) is 53.3 Å². The van der Waals surface area contributed by atoms with E-state index in [2.05, 4.69) is 5.32 Å². The number of likely N-dealkylation sites (tertiary alicyclic amines) is 1. The second-order valence-electron chi connectivity index (χ2n) is 8.11. The number of pyridine rings is 1. The molecule has 1 N–H and O–H groups in total. The van der Waals surface area contributed by atoms with Crippen LogP contribution in [0.3, 0.4) is 0 Å². The summed E-state index contributed by atoms with van der Waals surface area (Å²) in [4.78, 5) is 38.8. The summed E-state index contributed by atoms with van der Waals surface area (Å²) < 4.78 is 1.87. The van der Waals surface area contributed by atoms with Crippen molar-refractivity contribution in [3.63, 3.8) is 0 Å². The van der Waals surface area contributed by atoms with E-state index in [1.54, 1.807) is 6.07 Å². The molecule has 1 aromatic carbocycles. The Morgan fingerprint density at radius 3 is 2.62 bits per heavy atom. The third-order valence-corrected chi connectivity index (χ3v) is 5.96. The molecule has 1 fully saturated rings. The van der Waals surface area contributed by atoms with Gasteiger partial charge in [-0.3, -0.25) is 14.4 Å². The number of amides is 2. The average Bonchev–Trinajstić information content (AvgIpc) is 2.73. The van der Waals surface area contributed by atoms with Crippen molar-refractivity contribution in [1.82, 2.24) is 14.8 Å². The molecule has 2 aliphatic heterocycles. The predicted octanol–water partition coefficient (Wildman–Crippen LogP) is 2.28. The first kappa shape index (κ1) is 19.4. The van der Waals surface area contributed by atoms with E-state index in [1.807, 2.05) is 51.9 Å². The van der Waals surface area contributed by atoms with Gasteiger partial charge >= 0.3 is 0 Å². The van der Waals surface area contributed by atoms with Gasteiger partial charge in [0, 0.05) is 56.7 Å². The van der Waals surface area contributed by atoms with E-state index in [4.69, 9.17) is 0 Å². The molecule has 2 bridgehead atoms. The summed E-state index contributed by atoms with van der Waals surface area (Å²) in [6.07, 6.45) is 2.34. The van der Waals surface area contributed by atoms with Gasteiger partial charge in [0.25, 0.3) is 5.56 Å². The van der Waals surface area contributed by atoms with Crippen molar-refractivity contribution in [1.29, 1.82) is 0 Å². The maximum absolute atomic E-state index is 12.7. The van der Waals surface area contributed by atoms with E-state index in [9.17, 15) is 14.4 Å². The lowest BCUT2D eigenvalue weighted by Crippen LogP contribution is -2.49. The second kappa shape index (κ2) is 8.64. The van der Waals surface area contributed by atoms with Crippen LogP contribution in [0, 0.1) is 5.92 Å². The molecular formula is C23H27N3O3. The van der Waals surface area contributed by atoms with Gasteiger partial charge < -0.3 is 14.8 Å². The van der Waals surface area contributed by atoms with Crippen LogP contribution < -0.4 is 10.9 Å². The summed E-state index contributed by atoms with van der Waals surface area (Å²) in [7, 11) is 0. The molecule has 6 heteroatoms. The summed E-state index contributed by atoms with van der Waals surface area (Å²) >= 11 is 0. The van der Waals surface area contributed by atoms with Crippen molar-refractivity contribution in [2.24, 2.45) is 5.92 Å². The van der Waals surface area contributed by atoms with Gasteiger partial charge in [-0.1, -0.05) is 36.4 Å². The van der Waals surface area contributed by atoms with Crippen molar-refractivity contribution in [2.75, 3.05) is 13.1 Å². The van der Waals surface area contributed by atoms with Gasteiger partial charge in [0.15, 0.2) is 0 Å². The van der Waals surface area contributed by atoms with E-state index in [0.29, 0.717) is 51.4 Å². The molecule has 4 rings (SSSR count). The van der Waals surface area contributed by atoms with E-state index >= 15 is 0 Å². The average molecular weight is 393 g/mol. The number of nitrogens with zero attached hydrogens (tertiary/aromatic N) is 2. The highest BCUT2D eigenvalue weighted by Crippen LogP contribution is 2.35. The monoisotopic (exact) mass is 393 g/mol. The number of hydrogen-bond acceptors (Lipinski definition) is 3. The van der Waals surface area contributed by atoms with Crippen LogP contribution in [0.25, 0.3) is 0 Å². The molecule has 2 atom stereocenters. The second-order valence-corrected chi connectivity index (χ2v) is 8.11. The lowest BCUT2D eigenvalue weighted by atomic mass is 9.83. The number of aromatic nitrogens is 1. The molecular weight excluding hydrogens is 366 g/mol. The Labute approximate surface area is 170 Å². The van der Waals surface area contributed by atoms with Gasteiger partial charge in [-0.15, -0.1) is 0 Å². The van der Waals surface area contributed by atoms with Crippen LogP contribution in [-0.4, -0.2) is 34.4 Å². The fourth-order valence-electron chi connectivity index (χ4n) is 4.54. The van der Waals surface area contributed by atoms with Gasteiger partial charge in [0.2, 0.25) is 11.8 Å². The first-order valence-corrected chi connectivity index (χ1v) is 10.4. The molecule has 1 aromatic heterocycles. The third-order valence-electron chi connectivity index (χ3n) is 5.96. The largest absolute Gasteiger partial charge is 0.352 e. The third kappa shape index (κ3) is 4.58. The van der Waals surface area contributed by atoms with Gasteiger partial charge in [-0.2, -0.15) is 0 Å². The van der Waals surface area contributed by atoms with E-state index < -0.39 is 0 Å². The first-order valence-electron chi connectivity index (χ1n) is 10.4. The van der Waals surface area contributed by atoms with Crippen molar-refractivity contribution >= 4 is 11.8 Å². The van der Waals surface area contributed by atoms with Crippen LogP contribution >= 0.6 is 0 Å². The molecule has 29 heavy (non-hydrogen) atoms. The molecule has 2 aliphatic rings. The van der Waals surface area contributed by atoms with Crippen molar-refractivity contribution in [3.8, 4) is 0 Å². The Kier molecular flexibility index (Phi) is 5.79. The van der Waals surface area contributed by atoms with Crippen molar-refractivity contribution < 1.29 is 9.59 Å². The summed E-state index contributed by atoms with van der Waals surface area (Å²) in [5, 5.41) is 2.90. The van der Waals surface area contributed by atoms with Crippen LogP contribution in [0.2, 0.25) is 0 Å². The summed E-state index contributed by atoms with van der Waals surface area (Å²) in [6.45, 7) is 2.58. The fraction of sp³-hybridized carbons (Fsp3) is 0.435. The maximum atomic E-state index is 12.7. The quantitative estimate of drug-likeness (QED) is 0.819. The van der Waals surface area contributed by atoms with Crippen LogP contribution in [-0.2, 0) is 22.7 Å². The Morgan fingerprint density at radius 2 is 1.79 bits per heavy atom. The predicted molar refractivity (Wildman–Crippen MR) is 110 cm³/mol. The zero-order valence-corrected chi connectivity index (χ0v) is 16.5. The minimum atomic E-state index is -0.0227. The molecule has 0 unspecified atom stereocenters. The van der Waals surface area contributed by atoms with Crippen LogP contribution in [0.5, 0.6) is 0 Å². The van der Waals surface area contributed by atoms with E-state index in [0.717, 1.165) is 17.7 Å². The van der Waals surface area contributed by atoms with Gasteiger partial charge in [0.05, 0.1) is 0 Å². The smallest absolute Gasteiger partial charge is 0.250 e. The molecule has 2 aromatic rings. The van der Waals surface area contributed by atoms with Gasteiger partial charge in [-0.05, 0) is 30.4 Å². The SMILES string of the molecule is O=C(CCCC(=O)N1C[C@H]2C[C@H](C1)c1cccc(=O)n1C2)NCc1ccccc1. The van der Waals surface area contributed by atoms with Crippen molar-refractivity contribution in [3.05, 3.63) is 70.1 Å².